The lowest BCUT2D eigenvalue weighted by Crippen LogP contribution is -2.23. The van der Waals surface area contributed by atoms with Crippen LogP contribution in [0.1, 0.15) is 22.3 Å². The Morgan fingerprint density at radius 1 is 0.808 bits per heavy atom. The van der Waals surface area contributed by atoms with Crippen LogP contribution in [0.5, 0.6) is 0 Å². The van der Waals surface area contributed by atoms with Crippen LogP contribution >= 0.6 is 0 Å². The lowest BCUT2D eigenvalue weighted by Gasteiger charge is -2.09. The van der Waals surface area contributed by atoms with Crippen molar-refractivity contribution in [2.75, 3.05) is 0 Å². The molecule has 0 saturated heterocycles. The zero-order valence-corrected chi connectivity index (χ0v) is 15.4. The SMILES string of the molecule is Cc1ccc(S(=O)(=O)NCc2ccccc2/C=C/c2ccccc2)cc1. The number of nitrogens with one attached hydrogen (secondary N) is 1. The molecule has 0 bridgehead atoms. The highest BCUT2D eigenvalue weighted by Gasteiger charge is 2.13. The molecule has 3 aromatic rings. The van der Waals surface area contributed by atoms with Crippen LogP contribution in [0.3, 0.4) is 0 Å². The van der Waals surface area contributed by atoms with Crippen molar-refractivity contribution in [1.82, 2.24) is 4.72 Å². The minimum absolute atomic E-state index is 0.242. The fourth-order valence-electron chi connectivity index (χ4n) is 2.58. The summed E-state index contributed by atoms with van der Waals surface area (Å²) in [6.45, 7) is 2.17. The molecule has 0 saturated carbocycles. The average molecular weight is 363 g/mol. The Morgan fingerprint density at radius 2 is 1.46 bits per heavy atom. The first-order chi connectivity index (χ1) is 12.5. The number of rotatable bonds is 6. The predicted octanol–water partition coefficient (Wildman–Crippen LogP) is 4.64. The molecule has 0 unspecified atom stereocenters. The Kier molecular flexibility index (Phi) is 5.66. The minimum Gasteiger partial charge on any atom is -0.207 e. The Labute approximate surface area is 155 Å². The highest BCUT2D eigenvalue weighted by atomic mass is 32.2. The zero-order valence-electron chi connectivity index (χ0n) is 14.6. The molecular weight excluding hydrogens is 342 g/mol. The second kappa shape index (κ2) is 8.13. The van der Waals surface area contributed by atoms with Gasteiger partial charge in [-0.15, -0.1) is 0 Å². The van der Waals surface area contributed by atoms with E-state index in [1.165, 1.54) is 0 Å². The largest absolute Gasteiger partial charge is 0.240 e. The monoisotopic (exact) mass is 363 g/mol. The van der Waals surface area contributed by atoms with Crippen molar-refractivity contribution in [3.63, 3.8) is 0 Å². The van der Waals surface area contributed by atoms with Gasteiger partial charge in [0.25, 0.3) is 0 Å². The van der Waals surface area contributed by atoms with Gasteiger partial charge in [-0.3, -0.25) is 0 Å². The van der Waals surface area contributed by atoms with E-state index in [9.17, 15) is 8.42 Å². The average Bonchev–Trinajstić information content (AvgIpc) is 2.66. The Balaban J connectivity index is 1.76. The molecule has 0 aliphatic carbocycles. The first-order valence-electron chi connectivity index (χ1n) is 8.42. The van der Waals surface area contributed by atoms with Crippen LogP contribution in [0.4, 0.5) is 0 Å². The second-order valence-electron chi connectivity index (χ2n) is 6.08. The summed E-state index contributed by atoms with van der Waals surface area (Å²) in [7, 11) is -3.53. The van der Waals surface area contributed by atoms with E-state index in [-0.39, 0.29) is 11.4 Å². The van der Waals surface area contributed by atoms with Gasteiger partial charge in [-0.1, -0.05) is 84.4 Å². The standard InChI is InChI=1S/C22H21NO2S/c1-18-11-15-22(16-12-18)26(24,25)23-17-21-10-6-5-9-20(21)14-13-19-7-3-2-4-8-19/h2-16,23H,17H2,1H3/b14-13+. The quantitative estimate of drug-likeness (QED) is 0.648. The maximum atomic E-state index is 12.5. The zero-order chi connectivity index (χ0) is 18.4. The van der Waals surface area contributed by atoms with Gasteiger partial charge < -0.3 is 0 Å². The molecule has 1 N–H and O–H groups in total. The predicted molar refractivity (Wildman–Crippen MR) is 107 cm³/mol. The van der Waals surface area contributed by atoms with Gasteiger partial charge in [-0.25, -0.2) is 13.1 Å². The van der Waals surface area contributed by atoms with E-state index in [4.69, 9.17) is 0 Å². The highest BCUT2D eigenvalue weighted by Crippen LogP contribution is 2.15. The molecule has 0 heterocycles. The van der Waals surface area contributed by atoms with Crippen LogP contribution in [0.25, 0.3) is 12.2 Å². The number of sulfonamides is 1. The Bertz CT molecular complexity index is 992. The fraction of sp³-hybridized carbons (Fsp3) is 0.0909. The van der Waals surface area contributed by atoms with Crippen LogP contribution in [-0.4, -0.2) is 8.42 Å². The molecule has 3 rings (SSSR count). The summed E-state index contributed by atoms with van der Waals surface area (Å²) in [5.41, 5.74) is 4.04. The van der Waals surface area contributed by atoms with Gasteiger partial charge >= 0.3 is 0 Å². The van der Waals surface area contributed by atoms with Gasteiger partial charge in [0.2, 0.25) is 10.0 Å². The van der Waals surface area contributed by atoms with E-state index >= 15 is 0 Å². The molecule has 26 heavy (non-hydrogen) atoms. The molecule has 0 fully saturated rings. The minimum atomic E-state index is -3.53. The number of benzene rings is 3. The number of aryl methyl sites for hydroxylation is 1. The van der Waals surface area contributed by atoms with Crippen LogP contribution in [0.15, 0.2) is 83.8 Å². The molecule has 3 nitrogen and oxygen atoms in total. The molecule has 4 heteroatoms. The van der Waals surface area contributed by atoms with Gasteiger partial charge in [-0.2, -0.15) is 0 Å². The molecule has 0 aromatic heterocycles. The normalized spacial score (nSPS) is 11.7. The second-order valence-corrected chi connectivity index (χ2v) is 7.85. The third-order valence-electron chi connectivity index (χ3n) is 4.09. The van der Waals surface area contributed by atoms with Crippen LogP contribution in [0, 0.1) is 6.92 Å². The van der Waals surface area contributed by atoms with E-state index in [1.54, 1.807) is 24.3 Å². The van der Waals surface area contributed by atoms with Crippen molar-refractivity contribution in [2.24, 2.45) is 0 Å². The molecule has 0 atom stereocenters. The molecule has 0 amide bonds. The van der Waals surface area contributed by atoms with Crippen LogP contribution < -0.4 is 4.72 Å². The van der Waals surface area contributed by atoms with Crippen molar-refractivity contribution >= 4 is 22.2 Å². The number of hydrogen-bond acceptors (Lipinski definition) is 2. The topological polar surface area (TPSA) is 46.2 Å². The van der Waals surface area contributed by atoms with E-state index in [1.807, 2.05) is 73.7 Å². The molecular formula is C22H21NO2S. The maximum Gasteiger partial charge on any atom is 0.240 e. The summed E-state index contributed by atoms with van der Waals surface area (Å²) in [5.74, 6) is 0. The fourth-order valence-corrected chi connectivity index (χ4v) is 3.59. The van der Waals surface area contributed by atoms with E-state index in [2.05, 4.69) is 4.72 Å². The van der Waals surface area contributed by atoms with Crippen molar-refractivity contribution in [1.29, 1.82) is 0 Å². The smallest absolute Gasteiger partial charge is 0.207 e. The summed E-state index contributed by atoms with van der Waals surface area (Å²) in [4.78, 5) is 0.278. The van der Waals surface area contributed by atoms with Crippen molar-refractivity contribution < 1.29 is 8.42 Å². The van der Waals surface area contributed by atoms with Gasteiger partial charge in [0.05, 0.1) is 4.90 Å². The van der Waals surface area contributed by atoms with Gasteiger partial charge in [-0.05, 0) is 35.7 Å². The van der Waals surface area contributed by atoms with Gasteiger partial charge in [0, 0.05) is 6.54 Å². The summed E-state index contributed by atoms with van der Waals surface area (Å²) in [6.07, 6.45) is 4.03. The van der Waals surface area contributed by atoms with Crippen LogP contribution in [0.2, 0.25) is 0 Å². The van der Waals surface area contributed by atoms with Crippen molar-refractivity contribution in [3.8, 4) is 0 Å². The summed E-state index contributed by atoms with van der Waals surface area (Å²) >= 11 is 0. The third kappa shape index (κ3) is 4.69. The molecule has 3 aromatic carbocycles. The summed E-state index contributed by atoms with van der Waals surface area (Å²) in [5, 5.41) is 0. The lowest BCUT2D eigenvalue weighted by atomic mass is 10.1. The molecule has 0 aliphatic rings. The molecule has 0 radical (unpaired) electrons. The number of hydrogen-bond donors (Lipinski definition) is 1. The van der Waals surface area contributed by atoms with Crippen molar-refractivity contribution in [3.05, 3.63) is 101 Å². The van der Waals surface area contributed by atoms with Crippen molar-refractivity contribution in [2.45, 2.75) is 18.4 Å². The summed E-state index contributed by atoms with van der Waals surface area (Å²) in [6, 6.07) is 24.6. The Morgan fingerprint density at radius 3 is 2.19 bits per heavy atom. The van der Waals surface area contributed by atoms with E-state index < -0.39 is 10.0 Å². The van der Waals surface area contributed by atoms with Gasteiger partial charge in [0.1, 0.15) is 0 Å². The van der Waals surface area contributed by atoms with Crippen LogP contribution in [-0.2, 0) is 16.6 Å². The maximum absolute atomic E-state index is 12.5. The lowest BCUT2D eigenvalue weighted by molar-refractivity contribution is 0.581. The first kappa shape index (κ1) is 18.1. The Hall–Kier alpha value is -2.69. The first-order valence-corrected chi connectivity index (χ1v) is 9.90. The molecule has 0 spiro atoms. The molecule has 132 valence electrons. The summed E-state index contributed by atoms with van der Waals surface area (Å²) < 4.78 is 27.6. The third-order valence-corrected chi connectivity index (χ3v) is 5.51. The van der Waals surface area contributed by atoms with E-state index in [0.717, 1.165) is 22.3 Å². The van der Waals surface area contributed by atoms with Gasteiger partial charge in [0.15, 0.2) is 0 Å². The van der Waals surface area contributed by atoms with E-state index in [0.29, 0.717) is 0 Å². The molecule has 0 aliphatic heterocycles. The highest BCUT2D eigenvalue weighted by molar-refractivity contribution is 7.89.